The first-order valence-electron chi connectivity index (χ1n) is 6.75. The first-order valence-corrected chi connectivity index (χ1v) is 6.75. The van der Waals surface area contributed by atoms with Crippen molar-refractivity contribution in [2.24, 2.45) is 5.92 Å². The molecule has 0 spiro atoms. The molecule has 2 unspecified atom stereocenters. The highest BCUT2D eigenvalue weighted by Gasteiger charge is 2.41. The van der Waals surface area contributed by atoms with Crippen molar-refractivity contribution >= 4 is 11.4 Å². The summed E-state index contributed by atoms with van der Waals surface area (Å²) in [6.07, 6.45) is 3.37. The van der Waals surface area contributed by atoms with Crippen LogP contribution < -0.4 is 5.32 Å². The van der Waals surface area contributed by atoms with E-state index in [1.54, 1.807) is 12.1 Å². The van der Waals surface area contributed by atoms with Crippen LogP contribution >= 0.6 is 0 Å². The van der Waals surface area contributed by atoms with Gasteiger partial charge in [0.05, 0.1) is 28.7 Å². The largest absolute Gasteiger partial charge is 0.376 e. The Bertz CT molecular complexity index is 578. The van der Waals surface area contributed by atoms with E-state index < -0.39 is 4.92 Å². The number of nitro groups is 1. The number of ether oxygens (including phenoxy) is 1. The van der Waals surface area contributed by atoms with Crippen molar-refractivity contribution in [1.82, 2.24) is 0 Å². The monoisotopic (exact) mass is 273 g/mol. The molecular weight excluding hydrogens is 258 g/mol. The zero-order chi connectivity index (χ0) is 14.1. The molecule has 6 nitrogen and oxygen atoms in total. The predicted octanol–water partition coefficient (Wildman–Crippen LogP) is 2.45. The molecule has 1 aromatic carbocycles. The Hall–Kier alpha value is -2.13. The van der Waals surface area contributed by atoms with Gasteiger partial charge >= 0.3 is 0 Å². The summed E-state index contributed by atoms with van der Waals surface area (Å²) in [5.41, 5.74) is 0.712. The second-order valence-electron chi connectivity index (χ2n) is 5.31. The Morgan fingerprint density at radius 3 is 2.85 bits per heavy atom. The fraction of sp³-hybridized carbons (Fsp3) is 0.500. The number of hydrogen-bond donors (Lipinski definition) is 1. The lowest BCUT2D eigenvalue weighted by Gasteiger charge is -2.20. The molecule has 1 aliphatic carbocycles. The molecule has 1 aliphatic heterocycles. The lowest BCUT2D eigenvalue weighted by Crippen LogP contribution is -2.31. The average molecular weight is 273 g/mol. The summed E-state index contributed by atoms with van der Waals surface area (Å²) in [5.74, 6) is 0.590. The van der Waals surface area contributed by atoms with Crippen molar-refractivity contribution in [2.75, 3.05) is 11.9 Å². The van der Waals surface area contributed by atoms with Gasteiger partial charge in [-0.3, -0.25) is 10.1 Å². The summed E-state index contributed by atoms with van der Waals surface area (Å²) in [7, 11) is 0. The number of nitrogens with zero attached hydrogens (tertiary/aromatic N) is 2. The molecule has 1 saturated carbocycles. The third-order valence-electron chi connectivity index (χ3n) is 3.89. The van der Waals surface area contributed by atoms with E-state index in [0.717, 1.165) is 6.42 Å². The summed E-state index contributed by atoms with van der Waals surface area (Å²) in [5, 5.41) is 23.2. The molecule has 0 bridgehead atoms. The van der Waals surface area contributed by atoms with Gasteiger partial charge in [-0.15, -0.1) is 0 Å². The van der Waals surface area contributed by atoms with E-state index in [2.05, 4.69) is 5.32 Å². The smallest absolute Gasteiger partial charge is 0.293 e. The number of benzene rings is 1. The van der Waals surface area contributed by atoms with E-state index >= 15 is 0 Å². The van der Waals surface area contributed by atoms with Crippen molar-refractivity contribution in [2.45, 2.75) is 31.4 Å². The highest BCUT2D eigenvalue weighted by molar-refractivity contribution is 5.64. The van der Waals surface area contributed by atoms with Gasteiger partial charge in [-0.05, 0) is 37.3 Å². The molecule has 1 heterocycles. The van der Waals surface area contributed by atoms with E-state index in [9.17, 15) is 10.1 Å². The number of nitriles is 1. The maximum Gasteiger partial charge on any atom is 0.293 e. The molecule has 1 aromatic rings. The summed E-state index contributed by atoms with van der Waals surface area (Å²) in [6.45, 7) is 0.697. The molecule has 20 heavy (non-hydrogen) atoms. The van der Waals surface area contributed by atoms with Crippen LogP contribution in [0.4, 0.5) is 11.4 Å². The molecule has 0 radical (unpaired) electrons. The van der Waals surface area contributed by atoms with Gasteiger partial charge < -0.3 is 10.1 Å². The van der Waals surface area contributed by atoms with Crippen LogP contribution in [0.1, 0.15) is 24.8 Å². The number of rotatable bonds is 4. The highest BCUT2D eigenvalue weighted by atomic mass is 16.6. The number of nitrogens with one attached hydrogen (secondary N) is 1. The summed E-state index contributed by atoms with van der Waals surface area (Å²) in [6, 6.07) is 6.56. The van der Waals surface area contributed by atoms with Crippen molar-refractivity contribution in [3.8, 4) is 6.07 Å². The summed E-state index contributed by atoms with van der Waals surface area (Å²) in [4.78, 5) is 10.7. The minimum Gasteiger partial charge on any atom is -0.376 e. The van der Waals surface area contributed by atoms with Crippen molar-refractivity contribution in [3.63, 3.8) is 0 Å². The lowest BCUT2D eigenvalue weighted by molar-refractivity contribution is -0.384. The van der Waals surface area contributed by atoms with Crippen LogP contribution in [0.3, 0.4) is 0 Å². The second-order valence-corrected chi connectivity index (χ2v) is 5.31. The second kappa shape index (κ2) is 5.10. The van der Waals surface area contributed by atoms with Crippen LogP contribution in [-0.2, 0) is 4.74 Å². The van der Waals surface area contributed by atoms with Gasteiger partial charge in [0, 0.05) is 12.7 Å². The molecule has 2 aliphatic rings. The molecular formula is C14H15N3O3. The molecule has 1 N–H and O–H groups in total. The molecule has 2 fully saturated rings. The lowest BCUT2D eigenvalue weighted by atomic mass is 10.1. The summed E-state index contributed by atoms with van der Waals surface area (Å²) < 4.78 is 5.72. The Morgan fingerprint density at radius 2 is 2.20 bits per heavy atom. The first kappa shape index (κ1) is 12.9. The van der Waals surface area contributed by atoms with Gasteiger partial charge in [0.1, 0.15) is 5.69 Å². The van der Waals surface area contributed by atoms with Crippen LogP contribution in [0, 0.1) is 27.4 Å². The van der Waals surface area contributed by atoms with E-state index in [4.69, 9.17) is 10.00 Å². The van der Waals surface area contributed by atoms with E-state index in [1.807, 2.05) is 6.07 Å². The van der Waals surface area contributed by atoms with Crippen LogP contribution in [0.25, 0.3) is 0 Å². The van der Waals surface area contributed by atoms with Crippen molar-refractivity contribution in [3.05, 3.63) is 33.9 Å². The minimum absolute atomic E-state index is 0.0505. The molecule has 6 heteroatoms. The molecule has 3 rings (SSSR count). The predicted molar refractivity (Wildman–Crippen MR) is 72.3 cm³/mol. The molecule has 104 valence electrons. The van der Waals surface area contributed by atoms with Gasteiger partial charge in [-0.1, -0.05) is 0 Å². The Kier molecular flexibility index (Phi) is 3.28. The maximum absolute atomic E-state index is 11.1. The Balaban J connectivity index is 1.83. The van der Waals surface area contributed by atoms with Gasteiger partial charge in [0.15, 0.2) is 0 Å². The normalized spacial score (nSPS) is 25.1. The van der Waals surface area contributed by atoms with E-state index in [1.165, 1.54) is 18.9 Å². The van der Waals surface area contributed by atoms with Crippen molar-refractivity contribution < 1.29 is 9.66 Å². The van der Waals surface area contributed by atoms with Crippen LogP contribution in [-0.4, -0.2) is 23.7 Å². The van der Waals surface area contributed by atoms with Crippen LogP contribution in [0.2, 0.25) is 0 Å². The maximum atomic E-state index is 11.1. The quantitative estimate of drug-likeness (QED) is 0.672. The third kappa shape index (κ3) is 2.45. The highest BCUT2D eigenvalue weighted by Crippen LogP contribution is 2.40. The van der Waals surface area contributed by atoms with Crippen LogP contribution in [0.15, 0.2) is 18.2 Å². The zero-order valence-corrected chi connectivity index (χ0v) is 10.9. The first-order chi connectivity index (χ1) is 9.69. The molecule has 1 saturated heterocycles. The fourth-order valence-corrected chi connectivity index (χ4v) is 2.73. The van der Waals surface area contributed by atoms with Crippen LogP contribution in [0.5, 0.6) is 0 Å². The number of anilines is 1. The minimum atomic E-state index is -0.453. The van der Waals surface area contributed by atoms with E-state index in [-0.39, 0.29) is 17.8 Å². The molecule has 0 amide bonds. The van der Waals surface area contributed by atoms with E-state index in [0.29, 0.717) is 23.8 Å². The Labute approximate surface area is 116 Å². The van der Waals surface area contributed by atoms with Gasteiger partial charge in [-0.2, -0.15) is 5.26 Å². The third-order valence-corrected chi connectivity index (χ3v) is 3.89. The van der Waals surface area contributed by atoms with Gasteiger partial charge in [0.2, 0.25) is 0 Å². The van der Waals surface area contributed by atoms with Gasteiger partial charge in [-0.25, -0.2) is 0 Å². The zero-order valence-electron chi connectivity index (χ0n) is 10.9. The number of nitro benzene ring substituents is 1. The average Bonchev–Trinajstić information content (AvgIpc) is 3.19. The molecule has 2 atom stereocenters. The summed E-state index contributed by atoms with van der Waals surface area (Å²) >= 11 is 0. The van der Waals surface area contributed by atoms with Crippen molar-refractivity contribution in [1.29, 1.82) is 5.26 Å². The SMILES string of the molecule is N#Cc1ccc(NC2CCOC2C2CC2)c([N+](=O)[O-])c1. The Morgan fingerprint density at radius 1 is 1.40 bits per heavy atom. The fourth-order valence-electron chi connectivity index (χ4n) is 2.73. The molecule has 0 aromatic heterocycles. The number of hydrogen-bond acceptors (Lipinski definition) is 5. The van der Waals surface area contributed by atoms with Gasteiger partial charge in [0.25, 0.3) is 5.69 Å². The standard InChI is InChI=1S/C14H15N3O3/c15-8-9-1-4-11(13(7-9)17(18)19)16-12-5-6-20-14(12)10-2-3-10/h1,4,7,10,12,14,16H,2-3,5-6H2. The topological polar surface area (TPSA) is 88.2 Å².